The SMILES string of the molecule is COc1cc2c(cc1NC(=O)CCCn1cnc3ccccc3c1=O)oc1ccccc12. The standard InChI is InChI=1S/C25H21N3O4/c1-31-23-13-18-16-7-3-5-10-21(16)32-22(18)14-20(23)27-24(29)11-6-12-28-15-26-19-9-4-2-8-17(19)25(28)30/h2-5,7-10,13-15H,6,11-12H2,1H3,(H,27,29). The second-order valence-electron chi connectivity index (χ2n) is 7.56. The molecule has 0 fully saturated rings. The number of aryl methyl sites for hydroxylation is 1. The van der Waals surface area contributed by atoms with E-state index in [1.54, 1.807) is 25.3 Å². The van der Waals surface area contributed by atoms with Gasteiger partial charge in [-0.1, -0.05) is 30.3 Å². The summed E-state index contributed by atoms with van der Waals surface area (Å²) in [5, 5.41) is 5.40. The third-order valence-corrected chi connectivity index (χ3v) is 5.51. The first-order valence-electron chi connectivity index (χ1n) is 10.4. The first kappa shape index (κ1) is 19.8. The number of amides is 1. The highest BCUT2D eigenvalue weighted by Crippen LogP contribution is 2.36. The first-order valence-corrected chi connectivity index (χ1v) is 10.4. The lowest BCUT2D eigenvalue weighted by Gasteiger charge is -2.11. The van der Waals surface area contributed by atoms with Crippen molar-refractivity contribution in [3.8, 4) is 5.75 Å². The molecule has 0 aliphatic rings. The van der Waals surface area contributed by atoms with Crippen LogP contribution >= 0.6 is 0 Å². The van der Waals surface area contributed by atoms with E-state index in [2.05, 4.69) is 10.3 Å². The van der Waals surface area contributed by atoms with E-state index < -0.39 is 0 Å². The second kappa shape index (κ2) is 8.19. The molecule has 7 heteroatoms. The highest BCUT2D eigenvalue weighted by molar-refractivity contribution is 6.07. The largest absolute Gasteiger partial charge is 0.495 e. The minimum Gasteiger partial charge on any atom is -0.495 e. The molecule has 0 spiro atoms. The molecule has 0 radical (unpaired) electrons. The maximum atomic E-state index is 12.6. The fourth-order valence-corrected chi connectivity index (χ4v) is 3.91. The Morgan fingerprint density at radius 3 is 2.66 bits per heavy atom. The predicted molar refractivity (Wildman–Crippen MR) is 124 cm³/mol. The third kappa shape index (κ3) is 3.58. The van der Waals surface area contributed by atoms with Crippen LogP contribution in [0.15, 0.2) is 76.2 Å². The van der Waals surface area contributed by atoms with E-state index in [4.69, 9.17) is 9.15 Å². The zero-order valence-electron chi connectivity index (χ0n) is 17.5. The van der Waals surface area contributed by atoms with E-state index in [1.807, 2.05) is 42.5 Å². The van der Waals surface area contributed by atoms with E-state index in [9.17, 15) is 9.59 Å². The van der Waals surface area contributed by atoms with Crippen molar-refractivity contribution in [1.82, 2.24) is 9.55 Å². The summed E-state index contributed by atoms with van der Waals surface area (Å²) < 4.78 is 12.9. The molecule has 1 N–H and O–H groups in total. The molecule has 0 unspecified atom stereocenters. The summed E-state index contributed by atoms with van der Waals surface area (Å²) in [6.07, 6.45) is 2.28. The van der Waals surface area contributed by atoms with Crippen molar-refractivity contribution in [1.29, 1.82) is 0 Å². The van der Waals surface area contributed by atoms with E-state index >= 15 is 0 Å². The number of ether oxygens (including phenoxy) is 1. The van der Waals surface area contributed by atoms with Crippen molar-refractivity contribution in [2.24, 2.45) is 0 Å². The van der Waals surface area contributed by atoms with Gasteiger partial charge in [-0.15, -0.1) is 0 Å². The van der Waals surface area contributed by atoms with Crippen molar-refractivity contribution < 1.29 is 13.9 Å². The molecule has 0 bridgehead atoms. The van der Waals surface area contributed by atoms with Gasteiger partial charge >= 0.3 is 0 Å². The Balaban J connectivity index is 1.30. The Labute approximate surface area is 183 Å². The number of benzene rings is 3. The lowest BCUT2D eigenvalue weighted by atomic mass is 10.1. The lowest BCUT2D eigenvalue weighted by molar-refractivity contribution is -0.116. The number of carbonyl (C=O) groups is 1. The Bertz CT molecular complexity index is 1520. The molecule has 3 aromatic carbocycles. The van der Waals surface area contributed by atoms with E-state index in [0.29, 0.717) is 40.9 Å². The average Bonchev–Trinajstić information content (AvgIpc) is 3.17. The van der Waals surface area contributed by atoms with Crippen LogP contribution in [-0.4, -0.2) is 22.6 Å². The van der Waals surface area contributed by atoms with Gasteiger partial charge in [0.1, 0.15) is 16.9 Å². The highest BCUT2D eigenvalue weighted by Gasteiger charge is 2.14. The molecule has 1 amide bonds. The molecule has 0 saturated carbocycles. The molecule has 7 nitrogen and oxygen atoms in total. The number of carbonyl (C=O) groups excluding carboxylic acids is 1. The summed E-state index contributed by atoms with van der Waals surface area (Å²) in [6, 6.07) is 18.6. The van der Waals surface area contributed by atoms with Gasteiger partial charge in [-0.3, -0.25) is 14.2 Å². The maximum Gasteiger partial charge on any atom is 0.261 e. The van der Waals surface area contributed by atoms with Crippen molar-refractivity contribution in [3.63, 3.8) is 0 Å². The van der Waals surface area contributed by atoms with Gasteiger partial charge in [-0.05, 0) is 30.7 Å². The minimum atomic E-state index is -0.166. The summed E-state index contributed by atoms with van der Waals surface area (Å²) in [7, 11) is 1.57. The summed E-state index contributed by atoms with van der Waals surface area (Å²) in [6.45, 7) is 0.407. The molecule has 160 valence electrons. The van der Waals surface area contributed by atoms with Crippen LogP contribution in [0, 0.1) is 0 Å². The Hall–Kier alpha value is -4.13. The smallest absolute Gasteiger partial charge is 0.261 e. The van der Waals surface area contributed by atoms with Crippen LogP contribution in [0.4, 0.5) is 5.69 Å². The van der Waals surface area contributed by atoms with E-state index in [1.165, 1.54) is 10.9 Å². The van der Waals surface area contributed by atoms with Crippen molar-refractivity contribution in [2.75, 3.05) is 12.4 Å². The van der Waals surface area contributed by atoms with Crippen LogP contribution in [0.25, 0.3) is 32.8 Å². The molecular weight excluding hydrogens is 406 g/mol. The molecule has 0 aliphatic carbocycles. The number of hydrogen-bond donors (Lipinski definition) is 1. The van der Waals surface area contributed by atoms with Gasteiger partial charge in [-0.2, -0.15) is 0 Å². The zero-order valence-corrected chi connectivity index (χ0v) is 17.5. The van der Waals surface area contributed by atoms with Gasteiger partial charge in [0.2, 0.25) is 5.91 Å². The molecule has 5 rings (SSSR count). The van der Waals surface area contributed by atoms with E-state index in [-0.39, 0.29) is 17.9 Å². The number of furan rings is 1. The molecule has 2 heterocycles. The summed E-state index contributed by atoms with van der Waals surface area (Å²) in [5.41, 5.74) is 2.57. The normalized spacial score (nSPS) is 11.3. The number of nitrogens with one attached hydrogen (secondary N) is 1. The van der Waals surface area contributed by atoms with Crippen LogP contribution in [-0.2, 0) is 11.3 Å². The van der Waals surface area contributed by atoms with Crippen LogP contribution in [0.5, 0.6) is 5.75 Å². The Morgan fingerprint density at radius 2 is 1.81 bits per heavy atom. The molecule has 2 aromatic heterocycles. The van der Waals surface area contributed by atoms with Gasteiger partial charge in [0.05, 0.1) is 30.0 Å². The van der Waals surface area contributed by atoms with Gasteiger partial charge in [0, 0.05) is 29.8 Å². The number of fused-ring (bicyclic) bond motifs is 4. The van der Waals surface area contributed by atoms with Crippen LogP contribution < -0.4 is 15.6 Å². The highest BCUT2D eigenvalue weighted by atomic mass is 16.5. The first-order chi connectivity index (χ1) is 15.6. The van der Waals surface area contributed by atoms with Gasteiger partial charge in [0.15, 0.2) is 0 Å². The molecule has 0 aliphatic heterocycles. The number of anilines is 1. The number of nitrogens with zero attached hydrogens (tertiary/aromatic N) is 2. The quantitative estimate of drug-likeness (QED) is 0.424. The van der Waals surface area contributed by atoms with Crippen LogP contribution in [0.2, 0.25) is 0 Å². The lowest BCUT2D eigenvalue weighted by Crippen LogP contribution is -2.21. The van der Waals surface area contributed by atoms with Crippen LogP contribution in [0.3, 0.4) is 0 Å². The van der Waals surface area contributed by atoms with Crippen LogP contribution in [0.1, 0.15) is 12.8 Å². The molecule has 0 saturated heterocycles. The molecule has 5 aromatic rings. The number of methoxy groups -OCH3 is 1. The number of para-hydroxylation sites is 2. The Kier molecular flexibility index (Phi) is 5.07. The van der Waals surface area contributed by atoms with Crippen molar-refractivity contribution in [3.05, 3.63) is 77.3 Å². The number of aromatic nitrogens is 2. The van der Waals surface area contributed by atoms with Crippen molar-refractivity contribution >= 4 is 44.4 Å². The summed E-state index contributed by atoms with van der Waals surface area (Å²) in [5.74, 6) is 0.396. The second-order valence-corrected chi connectivity index (χ2v) is 7.56. The monoisotopic (exact) mass is 427 g/mol. The summed E-state index contributed by atoms with van der Waals surface area (Å²) >= 11 is 0. The average molecular weight is 427 g/mol. The molecule has 32 heavy (non-hydrogen) atoms. The Morgan fingerprint density at radius 1 is 1.03 bits per heavy atom. The third-order valence-electron chi connectivity index (χ3n) is 5.51. The fraction of sp³-hybridized carbons (Fsp3) is 0.160. The van der Waals surface area contributed by atoms with Gasteiger partial charge in [0.25, 0.3) is 5.56 Å². The fourth-order valence-electron chi connectivity index (χ4n) is 3.91. The maximum absolute atomic E-state index is 12.6. The number of rotatable bonds is 6. The van der Waals surface area contributed by atoms with Gasteiger partial charge in [-0.25, -0.2) is 4.98 Å². The van der Waals surface area contributed by atoms with E-state index in [0.717, 1.165) is 16.4 Å². The molecule has 0 atom stereocenters. The zero-order chi connectivity index (χ0) is 22.1. The summed E-state index contributed by atoms with van der Waals surface area (Å²) in [4.78, 5) is 29.5. The van der Waals surface area contributed by atoms with Gasteiger partial charge < -0.3 is 14.5 Å². The predicted octanol–water partition coefficient (Wildman–Crippen LogP) is 4.72. The number of hydrogen-bond acceptors (Lipinski definition) is 5. The molecular formula is C25H21N3O4. The topological polar surface area (TPSA) is 86.4 Å². The van der Waals surface area contributed by atoms with Crippen molar-refractivity contribution in [2.45, 2.75) is 19.4 Å². The minimum absolute atomic E-state index is 0.104.